The summed E-state index contributed by atoms with van der Waals surface area (Å²) in [5.41, 5.74) is 1.28. The molecular formula is C14H19NO2. The van der Waals surface area contributed by atoms with Gasteiger partial charge < -0.3 is 4.74 Å². The van der Waals surface area contributed by atoms with E-state index in [1.54, 1.807) is 6.20 Å². The summed E-state index contributed by atoms with van der Waals surface area (Å²) in [6.45, 7) is 2.19. The fourth-order valence-corrected chi connectivity index (χ4v) is 2.47. The van der Waals surface area contributed by atoms with Gasteiger partial charge in [-0.05, 0) is 42.7 Å². The molecule has 0 bridgehead atoms. The molecule has 0 radical (unpaired) electrons. The Morgan fingerprint density at radius 3 is 3.06 bits per heavy atom. The van der Waals surface area contributed by atoms with E-state index in [0.717, 1.165) is 19.3 Å². The Morgan fingerprint density at radius 2 is 2.47 bits per heavy atom. The van der Waals surface area contributed by atoms with E-state index in [2.05, 4.69) is 18.0 Å². The second-order valence-electron chi connectivity index (χ2n) is 4.75. The molecule has 0 spiro atoms. The van der Waals surface area contributed by atoms with Gasteiger partial charge in [0.2, 0.25) is 0 Å². The van der Waals surface area contributed by atoms with E-state index in [4.69, 9.17) is 4.74 Å². The second kappa shape index (κ2) is 5.30. The number of carbonyl (C=O) groups excluding carboxylic acids is 1. The molecule has 3 atom stereocenters. The zero-order chi connectivity index (χ0) is 12.3. The van der Waals surface area contributed by atoms with Gasteiger partial charge in [0.05, 0.1) is 13.0 Å². The number of aromatic nitrogens is 1. The van der Waals surface area contributed by atoms with Crippen LogP contribution >= 0.6 is 0 Å². The summed E-state index contributed by atoms with van der Waals surface area (Å²) < 4.78 is 4.77. The van der Waals surface area contributed by atoms with Gasteiger partial charge in [0.1, 0.15) is 0 Å². The van der Waals surface area contributed by atoms with Crippen molar-refractivity contribution >= 4 is 5.97 Å². The highest BCUT2D eigenvalue weighted by atomic mass is 16.5. The second-order valence-corrected chi connectivity index (χ2v) is 4.75. The maximum atomic E-state index is 11.4. The standard InChI is InChI=1S/C14H19NO2/c1-3-10(11-5-4-6-15-9-11)7-12-8-13(12)14(16)17-2/h4-6,9-10,12-13H,3,7-8H2,1-2H3. The first-order valence-corrected chi connectivity index (χ1v) is 6.24. The number of ether oxygens (including phenoxy) is 1. The summed E-state index contributed by atoms with van der Waals surface area (Å²) in [4.78, 5) is 15.5. The van der Waals surface area contributed by atoms with Crippen LogP contribution in [0.15, 0.2) is 24.5 Å². The van der Waals surface area contributed by atoms with Crippen LogP contribution in [0, 0.1) is 11.8 Å². The highest BCUT2D eigenvalue weighted by Gasteiger charge is 2.44. The minimum Gasteiger partial charge on any atom is -0.469 e. The van der Waals surface area contributed by atoms with E-state index in [9.17, 15) is 4.79 Å². The largest absolute Gasteiger partial charge is 0.469 e. The molecule has 1 aliphatic carbocycles. The zero-order valence-electron chi connectivity index (χ0n) is 10.4. The van der Waals surface area contributed by atoms with Crippen LogP contribution in [0.5, 0.6) is 0 Å². The third-order valence-corrected chi connectivity index (χ3v) is 3.66. The van der Waals surface area contributed by atoms with Gasteiger partial charge in [0, 0.05) is 12.4 Å². The maximum Gasteiger partial charge on any atom is 0.308 e. The molecule has 0 aromatic carbocycles. The molecule has 1 aromatic heterocycles. The van der Waals surface area contributed by atoms with Gasteiger partial charge in [0.15, 0.2) is 0 Å². The van der Waals surface area contributed by atoms with Gasteiger partial charge in [-0.3, -0.25) is 9.78 Å². The zero-order valence-corrected chi connectivity index (χ0v) is 10.4. The van der Waals surface area contributed by atoms with Crippen LogP contribution in [0.3, 0.4) is 0 Å². The Bertz CT molecular complexity index is 377. The lowest BCUT2D eigenvalue weighted by Gasteiger charge is -2.14. The number of pyridine rings is 1. The van der Waals surface area contributed by atoms with E-state index in [1.165, 1.54) is 12.7 Å². The van der Waals surface area contributed by atoms with Crippen LogP contribution < -0.4 is 0 Å². The lowest BCUT2D eigenvalue weighted by molar-refractivity contribution is -0.142. The molecule has 3 unspecified atom stereocenters. The van der Waals surface area contributed by atoms with Crippen molar-refractivity contribution < 1.29 is 9.53 Å². The lowest BCUT2D eigenvalue weighted by atomic mass is 9.92. The van der Waals surface area contributed by atoms with Crippen LogP contribution in [0.1, 0.15) is 37.7 Å². The van der Waals surface area contributed by atoms with Crippen LogP contribution in [0.4, 0.5) is 0 Å². The van der Waals surface area contributed by atoms with Crippen LogP contribution in [0.25, 0.3) is 0 Å². The minimum absolute atomic E-state index is 0.0453. The Kier molecular flexibility index (Phi) is 3.77. The molecule has 1 aromatic rings. The number of nitrogens with zero attached hydrogens (tertiary/aromatic N) is 1. The van der Waals surface area contributed by atoms with Crippen LogP contribution in [-0.4, -0.2) is 18.1 Å². The summed E-state index contributed by atoms with van der Waals surface area (Å²) in [7, 11) is 1.47. The Labute approximate surface area is 102 Å². The van der Waals surface area contributed by atoms with E-state index >= 15 is 0 Å². The smallest absolute Gasteiger partial charge is 0.308 e. The summed E-state index contributed by atoms with van der Waals surface area (Å²) in [5, 5.41) is 0. The maximum absolute atomic E-state index is 11.4. The van der Waals surface area contributed by atoms with Crippen molar-refractivity contribution in [3.05, 3.63) is 30.1 Å². The van der Waals surface area contributed by atoms with E-state index in [0.29, 0.717) is 11.8 Å². The molecule has 1 heterocycles. The van der Waals surface area contributed by atoms with E-state index < -0.39 is 0 Å². The van der Waals surface area contributed by atoms with Crippen molar-refractivity contribution in [2.45, 2.75) is 32.1 Å². The highest BCUT2D eigenvalue weighted by Crippen LogP contribution is 2.46. The summed E-state index contributed by atoms with van der Waals surface area (Å²) in [6.07, 6.45) is 6.88. The normalized spacial score (nSPS) is 24.1. The van der Waals surface area contributed by atoms with E-state index in [1.807, 2.05) is 12.3 Å². The van der Waals surface area contributed by atoms with Crippen molar-refractivity contribution in [2.24, 2.45) is 11.8 Å². The molecule has 1 aliphatic rings. The third kappa shape index (κ3) is 2.84. The number of hydrogen-bond acceptors (Lipinski definition) is 3. The molecule has 3 heteroatoms. The van der Waals surface area contributed by atoms with Gasteiger partial charge in [-0.25, -0.2) is 0 Å². The van der Waals surface area contributed by atoms with Gasteiger partial charge in [0.25, 0.3) is 0 Å². The topological polar surface area (TPSA) is 39.2 Å². The summed E-state index contributed by atoms with van der Waals surface area (Å²) in [6, 6.07) is 4.10. The molecule has 92 valence electrons. The molecule has 1 fully saturated rings. The van der Waals surface area contributed by atoms with Crippen LogP contribution in [-0.2, 0) is 9.53 Å². The predicted octanol–water partition coefficient (Wildman–Crippen LogP) is 2.77. The van der Waals surface area contributed by atoms with Gasteiger partial charge in [-0.1, -0.05) is 13.0 Å². The first-order valence-electron chi connectivity index (χ1n) is 6.24. The Hall–Kier alpha value is -1.38. The van der Waals surface area contributed by atoms with Crippen molar-refractivity contribution in [1.82, 2.24) is 4.98 Å². The molecule has 0 N–H and O–H groups in total. The Balaban J connectivity index is 1.92. The monoisotopic (exact) mass is 233 g/mol. The molecule has 1 saturated carbocycles. The minimum atomic E-state index is -0.0453. The Morgan fingerprint density at radius 1 is 1.65 bits per heavy atom. The molecule has 17 heavy (non-hydrogen) atoms. The van der Waals surface area contributed by atoms with Crippen molar-refractivity contribution in [3.8, 4) is 0 Å². The molecule has 0 aliphatic heterocycles. The lowest BCUT2D eigenvalue weighted by Crippen LogP contribution is -2.06. The third-order valence-electron chi connectivity index (χ3n) is 3.66. The van der Waals surface area contributed by atoms with E-state index in [-0.39, 0.29) is 11.9 Å². The first kappa shape index (κ1) is 12.1. The molecular weight excluding hydrogens is 214 g/mol. The van der Waals surface area contributed by atoms with Crippen molar-refractivity contribution in [1.29, 1.82) is 0 Å². The average molecular weight is 233 g/mol. The quantitative estimate of drug-likeness (QED) is 0.734. The molecule has 0 amide bonds. The fraction of sp³-hybridized carbons (Fsp3) is 0.571. The summed E-state index contributed by atoms with van der Waals surface area (Å²) >= 11 is 0. The number of hydrogen-bond donors (Lipinski definition) is 0. The van der Waals surface area contributed by atoms with Gasteiger partial charge in [-0.15, -0.1) is 0 Å². The number of rotatable bonds is 5. The summed E-state index contributed by atoms with van der Waals surface area (Å²) in [5.74, 6) is 1.12. The predicted molar refractivity (Wildman–Crippen MR) is 65.5 cm³/mol. The SMILES string of the molecule is CCC(CC1CC1C(=O)OC)c1cccnc1. The van der Waals surface area contributed by atoms with Crippen molar-refractivity contribution in [2.75, 3.05) is 7.11 Å². The molecule has 0 saturated heterocycles. The first-order chi connectivity index (χ1) is 8.26. The number of esters is 1. The molecule has 3 nitrogen and oxygen atoms in total. The van der Waals surface area contributed by atoms with Crippen LogP contribution in [0.2, 0.25) is 0 Å². The van der Waals surface area contributed by atoms with Gasteiger partial charge in [-0.2, -0.15) is 0 Å². The highest BCUT2D eigenvalue weighted by molar-refractivity contribution is 5.75. The van der Waals surface area contributed by atoms with Gasteiger partial charge >= 0.3 is 5.97 Å². The number of methoxy groups -OCH3 is 1. The number of carbonyl (C=O) groups is 1. The molecule has 2 rings (SSSR count). The van der Waals surface area contributed by atoms with Crippen molar-refractivity contribution in [3.63, 3.8) is 0 Å². The fourth-order valence-electron chi connectivity index (χ4n) is 2.47. The average Bonchev–Trinajstić information content (AvgIpc) is 3.15.